The first kappa shape index (κ1) is 30.1. The summed E-state index contributed by atoms with van der Waals surface area (Å²) in [7, 11) is 1.27. The minimum atomic E-state index is -4.65. The highest BCUT2D eigenvalue weighted by atomic mass is 35.5. The van der Waals surface area contributed by atoms with Gasteiger partial charge in [-0.1, -0.05) is 18.5 Å². The molecule has 1 aromatic carbocycles. The quantitative estimate of drug-likeness (QED) is 0.289. The third kappa shape index (κ3) is 6.09. The van der Waals surface area contributed by atoms with Crippen molar-refractivity contribution in [2.75, 3.05) is 42.2 Å². The second-order valence-electron chi connectivity index (χ2n) is 11.8. The Balaban J connectivity index is 1.41. The third-order valence-electron chi connectivity index (χ3n) is 8.92. The maximum Gasteiger partial charge on any atom is 0.416 e. The first-order valence-corrected chi connectivity index (χ1v) is 15.7. The monoisotopic (exact) mass is 702 g/mol. The fraction of sp³-hybridized carbons (Fsp3) is 0.406. The van der Waals surface area contributed by atoms with Gasteiger partial charge >= 0.3 is 6.18 Å². The second kappa shape index (κ2) is 12.8. The molecule has 2 atom stereocenters. The van der Waals surface area contributed by atoms with Gasteiger partial charge in [0.05, 0.1) is 34.2 Å². The lowest BCUT2D eigenvalue weighted by atomic mass is 9.81. The van der Waals surface area contributed by atoms with Crippen molar-refractivity contribution in [3.63, 3.8) is 0 Å². The molecule has 1 saturated carbocycles. The van der Waals surface area contributed by atoms with Gasteiger partial charge in [-0.25, -0.2) is 19.9 Å². The van der Waals surface area contributed by atoms with Crippen molar-refractivity contribution in [3.05, 3.63) is 68.6 Å². The summed E-state index contributed by atoms with van der Waals surface area (Å²) < 4.78 is 64.6. The zero-order chi connectivity index (χ0) is 37.9. The Hall–Kier alpha value is -4.99. The number of anilines is 3. The van der Waals surface area contributed by atoms with Crippen molar-refractivity contribution in [3.8, 4) is 5.75 Å². The maximum absolute atomic E-state index is 14.5. The minimum Gasteiger partial charge on any atom is -0.504 e. The van der Waals surface area contributed by atoms with E-state index < -0.39 is 42.5 Å². The van der Waals surface area contributed by atoms with Gasteiger partial charge in [-0.05, 0) is 44.4 Å². The number of nitrogens with zero attached hydrogens (tertiary/aromatic N) is 8. The first-order valence-electron chi connectivity index (χ1n) is 16.8. The summed E-state index contributed by atoms with van der Waals surface area (Å²) in [5.41, 5.74) is -1.14. The highest BCUT2D eigenvalue weighted by Gasteiger charge is 2.47. The van der Waals surface area contributed by atoms with Crippen LogP contribution in [0.25, 0.3) is 11.2 Å². The predicted octanol–water partition coefficient (Wildman–Crippen LogP) is 4.03. The molecule has 1 aliphatic heterocycles. The molecule has 1 saturated heterocycles. The van der Waals surface area contributed by atoms with Crippen LogP contribution in [0, 0.1) is 6.92 Å². The van der Waals surface area contributed by atoms with Gasteiger partial charge in [0.1, 0.15) is 24.4 Å². The average molecular weight is 703 g/mol. The molecule has 2 N–H and O–H groups in total. The number of piperazine rings is 1. The van der Waals surface area contributed by atoms with Crippen LogP contribution in [0.4, 0.5) is 30.4 Å². The molecule has 13 nitrogen and oxygen atoms in total. The summed E-state index contributed by atoms with van der Waals surface area (Å²) in [6.45, 7) is 0.579. The van der Waals surface area contributed by atoms with Gasteiger partial charge in [0.2, 0.25) is 11.3 Å². The Kier molecular flexibility index (Phi) is 7.86. The molecule has 17 heteroatoms. The van der Waals surface area contributed by atoms with Gasteiger partial charge in [-0.3, -0.25) is 14.4 Å². The van der Waals surface area contributed by atoms with Crippen molar-refractivity contribution in [1.29, 1.82) is 0 Å². The lowest BCUT2D eigenvalue weighted by Crippen LogP contribution is -2.67. The summed E-state index contributed by atoms with van der Waals surface area (Å²) in [5.74, 6) is -1.62. The molecule has 2 fully saturated rings. The topological polar surface area (TPSA) is 150 Å². The number of amides is 2. The lowest BCUT2D eigenvalue weighted by Gasteiger charge is -2.54. The Morgan fingerprint density at radius 1 is 1.18 bits per heavy atom. The molecule has 0 unspecified atom stereocenters. The number of benzene rings is 1. The summed E-state index contributed by atoms with van der Waals surface area (Å²) in [6, 6.07) is 1.83. The van der Waals surface area contributed by atoms with Gasteiger partial charge < -0.3 is 29.7 Å². The van der Waals surface area contributed by atoms with Crippen molar-refractivity contribution in [2.45, 2.75) is 57.9 Å². The highest BCUT2D eigenvalue weighted by molar-refractivity contribution is 6.33. The number of aryl methyl sites for hydroxylation is 1. The van der Waals surface area contributed by atoms with E-state index >= 15 is 0 Å². The Morgan fingerprint density at radius 3 is 2.59 bits per heavy atom. The van der Waals surface area contributed by atoms with E-state index in [0.29, 0.717) is 24.6 Å². The minimum absolute atomic E-state index is 0.0180. The molecule has 0 spiro atoms. The number of alkyl halides is 3. The predicted molar refractivity (Wildman–Crippen MR) is 176 cm³/mol. The molecule has 0 bridgehead atoms. The molecule has 4 heterocycles. The van der Waals surface area contributed by atoms with Gasteiger partial charge in [0.25, 0.3) is 5.91 Å². The number of carbonyl (C=O) groups excluding carboxylic acids is 2. The van der Waals surface area contributed by atoms with E-state index in [9.17, 15) is 32.7 Å². The Labute approximate surface area is 287 Å². The number of halogens is 4. The molecule has 258 valence electrons. The number of rotatable bonds is 7. The number of fused-ring (bicyclic) bond motifs is 2. The zero-order valence-corrected chi connectivity index (χ0v) is 27.3. The van der Waals surface area contributed by atoms with Gasteiger partial charge in [-0.2, -0.15) is 13.2 Å². The molecule has 3 aromatic heterocycles. The van der Waals surface area contributed by atoms with E-state index in [1.807, 2.05) is 4.90 Å². The van der Waals surface area contributed by atoms with Crippen molar-refractivity contribution in [1.82, 2.24) is 29.4 Å². The number of hydrogen-bond donors (Lipinski definition) is 2. The molecule has 1 aliphatic carbocycles. The number of aromatic nitrogens is 5. The highest BCUT2D eigenvalue weighted by Crippen LogP contribution is 2.39. The lowest BCUT2D eigenvalue weighted by molar-refractivity contribution is -0.137. The van der Waals surface area contributed by atoms with Crippen LogP contribution in [0.15, 0.2) is 35.5 Å². The number of carbonyl (C=O) groups is 2. The van der Waals surface area contributed by atoms with Crippen LogP contribution in [0.1, 0.15) is 51.3 Å². The van der Waals surface area contributed by atoms with Crippen LogP contribution >= 0.6 is 11.6 Å². The number of aromatic hydroxyl groups is 1. The fourth-order valence-electron chi connectivity index (χ4n) is 6.36. The van der Waals surface area contributed by atoms with Crippen LogP contribution in [0.2, 0.25) is 5.02 Å². The van der Waals surface area contributed by atoms with E-state index in [1.54, 1.807) is 18.7 Å². The molecule has 49 heavy (non-hydrogen) atoms. The smallest absolute Gasteiger partial charge is 0.416 e. The molecule has 0 radical (unpaired) electrons. The Morgan fingerprint density at radius 2 is 1.94 bits per heavy atom. The van der Waals surface area contributed by atoms with E-state index in [0.717, 1.165) is 17.0 Å². The number of hydrogen-bond acceptors (Lipinski definition) is 10. The number of nitrogens with one attached hydrogen (secondary N) is 1. The van der Waals surface area contributed by atoms with E-state index in [2.05, 4.69) is 25.3 Å². The molecular formula is C32H33ClF3N9O4. The summed E-state index contributed by atoms with van der Waals surface area (Å²) in [4.78, 5) is 62.7. The first-order chi connectivity index (χ1) is 24.4. The zero-order valence-electron chi connectivity index (χ0n) is 29.5. The van der Waals surface area contributed by atoms with Crippen LogP contribution < -0.4 is 20.5 Å². The van der Waals surface area contributed by atoms with Crippen LogP contribution in [-0.2, 0) is 23.9 Å². The van der Waals surface area contributed by atoms with Crippen LogP contribution in [-0.4, -0.2) is 85.5 Å². The van der Waals surface area contributed by atoms with Crippen molar-refractivity contribution >= 4 is 51.8 Å². The standard InChI is InChI=1S/C32H33ClF3N9O4/c1-5-20-27(43-10-11-44(22-9-8-21(22)43)31(49)26-28(47)16(2)38-15-39-26)29(48)25-30(37-13-23(41-25)42(3)4)45(20)14-24(46)40-19-7-6-17(12-18(19)33)32(34,35)36/h6-7,12-13,15,21-22,47H,5,8-11,14H2,1-4H3,(H,40,46)/t21-,22-/m0/s1/i3D3. The molecule has 2 amide bonds. The normalized spacial score (nSPS) is 18.6. The van der Waals surface area contributed by atoms with Gasteiger partial charge in [0.15, 0.2) is 22.6 Å². The van der Waals surface area contributed by atoms with Crippen LogP contribution in [0.3, 0.4) is 0 Å². The number of pyridine rings is 1. The molecular weight excluding hydrogens is 667 g/mol. The third-order valence-corrected chi connectivity index (χ3v) is 9.23. The fourth-order valence-corrected chi connectivity index (χ4v) is 6.59. The van der Waals surface area contributed by atoms with E-state index in [-0.39, 0.29) is 82.1 Å². The summed E-state index contributed by atoms with van der Waals surface area (Å²) >= 11 is 6.10. The van der Waals surface area contributed by atoms with Crippen molar-refractivity contribution in [2.24, 2.45) is 0 Å². The maximum atomic E-state index is 14.5. The van der Waals surface area contributed by atoms with Crippen LogP contribution in [0.5, 0.6) is 5.75 Å². The summed E-state index contributed by atoms with van der Waals surface area (Å²) in [6.07, 6.45) is -0.853. The van der Waals surface area contributed by atoms with Crippen molar-refractivity contribution < 1.29 is 32.0 Å². The molecule has 6 rings (SSSR count). The molecule has 2 aliphatic rings. The van der Waals surface area contributed by atoms with Gasteiger partial charge in [-0.15, -0.1) is 0 Å². The van der Waals surface area contributed by atoms with E-state index in [1.165, 1.54) is 24.1 Å². The average Bonchev–Trinajstić information content (AvgIpc) is 3.06. The largest absolute Gasteiger partial charge is 0.504 e. The van der Waals surface area contributed by atoms with Gasteiger partial charge in [0, 0.05) is 43.0 Å². The summed E-state index contributed by atoms with van der Waals surface area (Å²) in [5, 5.41) is 12.7. The SMILES string of the molecule is [2H]C([2H])([2H])N(C)c1cnc2c(n1)c(=O)c(N1CCN(C(=O)c3ncnc(C)c3O)[C@H]3CC[C@@H]31)c(CC)n2CC(=O)Nc1ccc(C(F)(F)F)cc1Cl. The van der Waals surface area contributed by atoms with E-state index in [4.69, 9.17) is 15.7 Å². The second-order valence-corrected chi connectivity index (χ2v) is 12.2. The molecule has 4 aromatic rings. The Bertz CT molecular complexity index is 2150.